The molecule has 0 bridgehead atoms. The molecule has 7 heteroatoms. The lowest BCUT2D eigenvalue weighted by atomic mass is 10.3. The van der Waals surface area contributed by atoms with E-state index in [1.807, 2.05) is 26.0 Å². The number of rotatable bonds is 3. The van der Waals surface area contributed by atoms with E-state index < -0.39 is 0 Å². The number of nitrogen functional groups attached to an aromatic ring is 1. The number of imidazole rings is 2. The largest absolute Gasteiger partial charge is 0.369 e. The van der Waals surface area contributed by atoms with Crippen molar-refractivity contribution in [2.45, 2.75) is 26.8 Å². The Morgan fingerprint density at radius 1 is 1.32 bits per heavy atom. The molecule has 0 radical (unpaired) electrons. The molecule has 0 spiro atoms. The second-order valence-corrected chi connectivity index (χ2v) is 5.23. The fourth-order valence-corrected chi connectivity index (χ4v) is 2.57. The summed E-state index contributed by atoms with van der Waals surface area (Å²) in [7, 11) is 0. The van der Waals surface area contributed by atoms with Gasteiger partial charge < -0.3 is 10.7 Å². The van der Waals surface area contributed by atoms with E-state index in [1.54, 1.807) is 16.7 Å². The summed E-state index contributed by atoms with van der Waals surface area (Å²) < 4.78 is 2.96. The number of aromatic amines is 1. The van der Waals surface area contributed by atoms with Crippen LogP contribution in [0.1, 0.15) is 22.6 Å². The molecular weight excluding hydrogens is 282 g/mol. The summed E-state index contributed by atoms with van der Waals surface area (Å²) >= 11 is 0. The van der Waals surface area contributed by atoms with Gasteiger partial charge in [-0.25, -0.2) is 14.3 Å². The quantitative estimate of drug-likeness (QED) is 0.764. The smallest absolute Gasteiger partial charge is 0.325 e. The molecule has 1 aromatic carbocycles. The average molecular weight is 299 g/mol. The molecule has 0 saturated heterocycles. The van der Waals surface area contributed by atoms with Crippen LogP contribution in [0, 0.1) is 13.8 Å². The molecule has 0 amide bonds. The molecule has 0 saturated carbocycles. The molecule has 3 rings (SSSR count). The number of nitrogens with zero attached hydrogens (tertiary/aromatic N) is 3. The standard InChI is InChI=1S/C15H17N5O2/c1-9-10(2)19(15(22)17-9)8-7-13(21)20-12-6-4-3-5-11(12)18-14(20)16/h3-6H,7-8H2,1-2H3,(H2,16,18)(H,17,22). The van der Waals surface area contributed by atoms with E-state index in [1.165, 1.54) is 4.57 Å². The van der Waals surface area contributed by atoms with Gasteiger partial charge in [-0.1, -0.05) is 12.1 Å². The van der Waals surface area contributed by atoms with Crippen LogP contribution in [-0.2, 0) is 6.54 Å². The number of benzene rings is 1. The SMILES string of the molecule is Cc1[nH]c(=O)n(CCC(=O)n2c(N)nc3ccccc32)c1C. The zero-order chi connectivity index (χ0) is 15.9. The first-order valence-corrected chi connectivity index (χ1v) is 7.01. The number of nitrogens with one attached hydrogen (secondary N) is 1. The van der Waals surface area contributed by atoms with E-state index in [-0.39, 0.29) is 24.0 Å². The molecule has 3 N–H and O–H groups in total. The molecule has 7 nitrogen and oxygen atoms in total. The second kappa shape index (κ2) is 5.18. The minimum atomic E-state index is -0.203. The highest BCUT2D eigenvalue weighted by atomic mass is 16.2. The molecule has 0 aliphatic heterocycles. The number of hydrogen-bond acceptors (Lipinski definition) is 4. The number of carbonyl (C=O) groups is 1. The number of nitrogens with two attached hydrogens (primary N) is 1. The minimum Gasteiger partial charge on any atom is -0.369 e. The Labute approximate surface area is 126 Å². The maximum atomic E-state index is 12.5. The van der Waals surface area contributed by atoms with Gasteiger partial charge in [-0.2, -0.15) is 0 Å². The van der Waals surface area contributed by atoms with Crippen molar-refractivity contribution in [3.63, 3.8) is 0 Å². The Morgan fingerprint density at radius 3 is 2.73 bits per heavy atom. The predicted octanol–water partition coefficient (Wildman–Crippen LogP) is 1.46. The van der Waals surface area contributed by atoms with E-state index in [4.69, 9.17) is 5.73 Å². The van der Waals surface area contributed by atoms with E-state index >= 15 is 0 Å². The molecule has 3 aromatic rings. The van der Waals surface area contributed by atoms with Gasteiger partial charge in [-0.05, 0) is 26.0 Å². The van der Waals surface area contributed by atoms with Gasteiger partial charge >= 0.3 is 5.69 Å². The van der Waals surface area contributed by atoms with Crippen molar-refractivity contribution in [1.82, 2.24) is 19.1 Å². The fourth-order valence-electron chi connectivity index (χ4n) is 2.57. The monoisotopic (exact) mass is 299 g/mol. The van der Waals surface area contributed by atoms with Crippen molar-refractivity contribution >= 4 is 22.9 Å². The van der Waals surface area contributed by atoms with Gasteiger partial charge in [-0.15, -0.1) is 0 Å². The number of hydrogen-bond donors (Lipinski definition) is 2. The normalized spacial score (nSPS) is 11.2. The molecule has 0 fully saturated rings. The first-order valence-electron chi connectivity index (χ1n) is 7.01. The Balaban J connectivity index is 1.88. The van der Waals surface area contributed by atoms with Crippen LogP contribution in [0.25, 0.3) is 11.0 Å². The van der Waals surface area contributed by atoms with Crippen LogP contribution in [0.3, 0.4) is 0 Å². The van der Waals surface area contributed by atoms with Crippen LogP contribution < -0.4 is 11.4 Å². The number of aryl methyl sites for hydroxylation is 1. The Kier molecular flexibility index (Phi) is 3.32. The molecule has 22 heavy (non-hydrogen) atoms. The molecule has 0 atom stereocenters. The molecular formula is C15H17N5O2. The highest BCUT2D eigenvalue weighted by Gasteiger charge is 2.15. The van der Waals surface area contributed by atoms with Gasteiger partial charge in [0.2, 0.25) is 11.9 Å². The molecule has 114 valence electrons. The van der Waals surface area contributed by atoms with Crippen molar-refractivity contribution in [2.24, 2.45) is 0 Å². The maximum absolute atomic E-state index is 12.5. The van der Waals surface area contributed by atoms with Gasteiger partial charge in [0.1, 0.15) is 0 Å². The third-order valence-corrected chi connectivity index (χ3v) is 3.87. The zero-order valence-electron chi connectivity index (χ0n) is 12.5. The second-order valence-electron chi connectivity index (χ2n) is 5.23. The summed E-state index contributed by atoms with van der Waals surface area (Å²) in [5, 5.41) is 0. The number of para-hydroxylation sites is 2. The molecule has 0 aliphatic carbocycles. The Bertz CT molecular complexity index is 916. The third-order valence-electron chi connectivity index (χ3n) is 3.87. The van der Waals surface area contributed by atoms with Gasteiger partial charge in [0.15, 0.2) is 0 Å². The van der Waals surface area contributed by atoms with Crippen LogP contribution in [0.2, 0.25) is 0 Å². The summed E-state index contributed by atoms with van der Waals surface area (Å²) in [6.45, 7) is 3.98. The number of anilines is 1. The van der Waals surface area contributed by atoms with Gasteiger partial charge in [0.25, 0.3) is 0 Å². The number of H-pyrrole nitrogens is 1. The summed E-state index contributed by atoms with van der Waals surface area (Å²) in [4.78, 5) is 31.2. The van der Waals surface area contributed by atoms with Crippen LogP contribution in [-0.4, -0.2) is 25.0 Å². The Hall–Kier alpha value is -2.83. The van der Waals surface area contributed by atoms with Crippen molar-refractivity contribution in [3.05, 3.63) is 46.1 Å². The highest BCUT2D eigenvalue weighted by Crippen LogP contribution is 2.18. The fraction of sp³-hybridized carbons (Fsp3) is 0.267. The van der Waals surface area contributed by atoms with Gasteiger partial charge in [-0.3, -0.25) is 9.36 Å². The van der Waals surface area contributed by atoms with Crippen molar-refractivity contribution < 1.29 is 4.79 Å². The van der Waals surface area contributed by atoms with E-state index in [0.717, 1.165) is 11.4 Å². The summed E-state index contributed by atoms with van der Waals surface area (Å²) in [6.07, 6.45) is 0.169. The highest BCUT2D eigenvalue weighted by molar-refractivity contribution is 5.93. The summed E-state index contributed by atoms with van der Waals surface area (Å²) in [5.74, 6) is -0.0168. The van der Waals surface area contributed by atoms with Gasteiger partial charge in [0, 0.05) is 24.4 Å². The van der Waals surface area contributed by atoms with Crippen LogP contribution >= 0.6 is 0 Å². The topological polar surface area (TPSA) is 98.7 Å². The molecule has 0 aliphatic rings. The van der Waals surface area contributed by atoms with Crippen LogP contribution in [0.4, 0.5) is 5.95 Å². The first kappa shape index (κ1) is 14.1. The molecule has 2 heterocycles. The van der Waals surface area contributed by atoms with Crippen molar-refractivity contribution in [3.8, 4) is 0 Å². The lowest BCUT2D eigenvalue weighted by molar-refractivity contribution is 0.0904. The van der Waals surface area contributed by atoms with E-state index in [9.17, 15) is 9.59 Å². The predicted molar refractivity (Wildman–Crippen MR) is 83.9 cm³/mol. The molecule has 0 unspecified atom stereocenters. The molecule has 2 aromatic heterocycles. The third kappa shape index (κ3) is 2.20. The average Bonchev–Trinajstić information content (AvgIpc) is 2.93. The van der Waals surface area contributed by atoms with Crippen LogP contribution in [0.5, 0.6) is 0 Å². The van der Waals surface area contributed by atoms with E-state index in [0.29, 0.717) is 17.6 Å². The Morgan fingerprint density at radius 2 is 2.05 bits per heavy atom. The number of carbonyl (C=O) groups excluding carboxylic acids is 1. The zero-order valence-corrected chi connectivity index (χ0v) is 12.5. The minimum absolute atomic E-state index is 0.167. The lowest BCUT2D eigenvalue weighted by Crippen LogP contribution is -2.22. The van der Waals surface area contributed by atoms with Gasteiger partial charge in [0.05, 0.1) is 11.0 Å². The number of fused-ring (bicyclic) bond motifs is 1. The number of aromatic nitrogens is 4. The van der Waals surface area contributed by atoms with Crippen molar-refractivity contribution in [2.75, 3.05) is 5.73 Å². The summed E-state index contributed by atoms with van der Waals surface area (Å²) in [5.41, 5.74) is 8.65. The summed E-state index contributed by atoms with van der Waals surface area (Å²) in [6, 6.07) is 7.28. The van der Waals surface area contributed by atoms with Crippen molar-refractivity contribution in [1.29, 1.82) is 0 Å². The van der Waals surface area contributed by atoms with Crippen LogP contribution in [0.15, 0.2) is 29.1 Å². The first-order chi connectivity index (χ1) is 10.5. The lowest BCUT2D eigenvalue weighted by Gasteiger charge is -2.07. The maximum Gasteiger partial charge on any atom is 0.325 e. The van der Waals surface area contributed by atoms with E-state index in [2.05, 4.69) is 9.97 Å².